The van der Waals surface area contributed by atoms with E-state index in [1.807, 2.05) is 0 Å². The van der Waals surface area contributed by atoms with Crippen LogP contribution in [0.15, 0.2) is 30.5 Å². The summed E-state index contributed by atoms with van der Waals surface area (Å²) in [5.41, 5.74) is 6.12. The summed E-state index contributed by atoms with van der Waals surface area (Å²) in [6.07, 6.45) is 1.60. The third-order valence-corrected chi connectivity index (χ3v) is 3.08. The Morgan fingerprint density at radius 3 is 2.70 bits per heavy atom. The molecule has 0 bridgehead atoms. The Balaban J connectivity index is 2.08. The maximum Gasteiger partial charge on any atom is 0.340 e. The van der Waals surface area contributed by atoms with Crippen LogP contribution in [0.1, 0.15) is 20.8 Å². The van der Waals surface area contributed by atoms with Crippen LogP contribution in [0, 0.1) is 0 Å². The minimum absolute atomic E-state index is 0.0294. The van der Waals surface area contributed by atoms with E-state index in [0.29, 0.717) is 5.69 Å². The highest BCUT2D eigenvalue weighted by atomic mass is 35.5. The van der Waals surface area contributed by atoms with Crippen molar-refractivity contribution in [3.8, 4) is 0 Å². The normalized spacial score (nSPS) is 10.3. The van der Waals surface area contributed by atoms with Gasteiger partial charge in [-0.3, -0.25) is 4.79 Å². The number of aromatic amines is 1. The SMILES string of the molecule is Nc1c(Cl)cc(Cl)cc1C(=O)OCC(=O)c1ccc[nH]1. The fraction of sp³-hybridized carbons (Fsp3) is 0.0769. The number of esters is 1. The molecule has 104 valence electrons. The molecule has 1 aromatic heterocycles. The summed E-state index contributed by atoms with van der Waals surface area (Å²) in [4.78, 5) is 26.3. The van der Waals surface area contributed by atoms with E-state index in [-0.39, 0.29) is 27.1 Å². The molecular weight excluding hydrogens is 303 g/mol. The summed E-state index contributed by atoms with van der Waals surface area (Å²) in [6.45, 7) is -0.400. The largest absolute Gasteiger partial charge is 0.454 e. The molecule has 1 heterocycles. The molecule has 2 rings (SSSR count). The molecule has 0 atom stereocenters. The molecule has 0 aliphatic heterocycles. The molecule has 1 aromatic carbocycles. The van der Waals surface area contributed by atoms with Crippen molar-refractivity contribution in [1.82, 2.24) is 4.98 Å². The lowest BCUT2D eigenvalue weighted by Gasteiger charge is -2.08. The Morgan fingerprint density at radius 1 is 1.30 bits per heavy atom. The van der Waals surface area contributed by atoms with Gasteiger partial charge in [-0.15, -0.1) is 0 Å². The molecule has 0 amide bonds. The van der Waals surface area contributed by atoms with Crippen molar-refractivity contribution in [2.24, 2.45) is 0 Å². The molecule has 5 nitrogen and oxygen atoms in total. The molecule has 7 heteroatoms. The number of carbonyl (C=O) groups is 2. The molecule has 0 spiro atoms. The number of aromatic nitrogens is 1. The van der Waals surface area contributed by atoms with Crippen LogP contribution >= 0.6 is 23.2 Å². The van der Waals surface area contributed by atoms with Crippen molar-refractivity contribution in [3.05, 3.63) is 51.8 Å². The lowest BCUT2D eigenvalue weighted by molar-refractivity contribution is 0.0474. The number of ketones is 1. The Labute approximate surface area is 124 Å². The van der Waals surface area contributed by atoms with Crippen LogP contribution in [0.2, 0.25) is 10.0 Å². The van der Waals surface area contributed by atoms with Crippen LogP contribution < -0.4 is 5.73 Å². The Bertz CT molecular complexity index is 654. The lowest BCUT2D eigenvalue weighted by atomic mass is 10.2. The van der Waals surface area contributed by atoms with E-state index in [9.17, 15) is 9.59 Å². The summed E-state index contributed by atoms with van der Waals surface area (Å²) in [7, 11) is 0. The molecule has 0 radical (unpaired) electrons. The fourth-order valence-corrected chi connectivity index (χ4v) is 2.04. The molecule has 20 heavy (non-hydrogen) atoms. The van der Waals surface area contributed by atoms with E-state index >= 15 is 0 Å². The summed E-state index contributed by atoms with van der Waals surface area (Å²) in [5.74, 6) is -1.11. The zero-order valence-corrected chi connectivity index (χ0v) is 11.7. The number of hydrogen-bond acceptors (Lipinski definition) is 4. The van der Waals surface area contributed by atoms with Crippen molar-refractivity contribution in [3.63, 3.8) is 0 Å². The number of rotatable bonds is 4. The minimum atomic E-state index is -0.758. The van der Waals surface area contributed by atoms with Gasteiger partial charge in [0.15, 0.2) is 6.61 Å². The number of anilines is 1. The first-order valence-electron chi connectivity index (χ1n) is 5.57. The van der Waals surface area contributed by atoms with Gasteiger partial charge >= 0.3 is 5.97 Å². The Kier molecular flexibility index (Phi) is 4.32. The van der Waals surface area contributed by atoms with Gasteiger partial charge in [0.1, 0.15) is 0 Å². The molecular formula is C13H10Cl2N2O3. The van der Waals surface area contributed by atoms with Crippen molar-refractivity contribution in [2.45, 2.75) is 0 Å². The van der Waals surface area contributed by atoms with E-state index in [1.165, 1.54) is 12.1 Å². The first-order valence-corrected chi connectivity index (χ1v) is 6.33. The summed E-state index contributed by atoms with van der Waals surface area (Å²) in [5, 5.41) is 0.409. The number of nitrogens with two attached hydrogens (primary N) is 1. The van der Waals surface area contributed by atoms with E-state index in [2.05, 4.69) is 4.98 Å². The average Bonchev–Trinajstić information content (AvgIpc) is 2.93. The molecule has 0 saturated heterocycles. The number of nitrogen functional groups attached to an aromatic ring is 1. The van der Waals surface area contributed by atoms with Gasteiger partial charge in [-0.05, 0) is 24.3 Å². The molecule has 0 aliphatic rings. The smallest absolute Gasteiger partial charge is 0.340 e. The fourth-order valence-electron chi connectivity index (χ4n) is 1.54. The molecule has 0 aliphatic carbocycles. The number of halogens is 2. The number of ether oxygens (including phenoxy) is 1. The maximum atomic E-state index is 11.9. The molecule has 0 saturated carbocycles. The molecule has 2 aromatic rings. The van der Waals surface area contributed by atoms with Gasteiger partial charge in [0.05, 0.1) is 22.0 Å². The van der Waals surface area contributed by atoms with E-state index in [0.717, 1.165) is 0 Å². The summed E-state index contributed by atoms with van der Waals surface area (Å²) in [6, 6.07) is 6.01. The van der Waals surface area contributed by atoms with Gasteiger partial charge in [0.25, 0.3) is 0 Å². The van der Waals surface area contributed by atoms with E-state index in [4.69, 9.17) is 33.7 Å². The average molecular weight is 313 g/mol. The minimum Gasteiger partial charge on any atom is -0.454 e. The van der Waals surface area contributed by atoms with Gasteiger partial charge < -0.3 is 15.5 Å². The van der Waals surface area contributed by atoms with Crippen LogP contribution in [0.25, 0.3) is 0 Å². The second-order valence-electron chi connectivity index (χ2n) is 3.93. The Hall–Kier alpha value is -1.98. The highest BCUT2D eigenvalue weighted by Crippen LogP contribution is 2.28. The van der Waals surface area contributed by atoms with E-state index < -0.39 is 12.6 Å². The van der Waals surface area contributed by atoms with E-state index in [1.54, 1.807) is 18.3 Å². The molecule has 0 unspecified atom stereocenters. The number of carbonyl (C=O) groups excluding carboxylic acids is 2. The Morgan fingerprint density at radius 2 is 2.05 bits per heavy atom. The standard InChI is InChI=1S/C13H10Cl2N2O3/c14-7-4-8(12(16)9(15)5-7)13(19)20-6-11(18)10-2-1-3-17-10/h1-5,17H,6,16H2. The third kappa shape index (κ3) is 3.12. The lowest BCUT2D eigenvalue weighted by Crippen LogP contribution is -2.15. The predicted octanol–water partition coefficient (Wildman–Crippen LogP) is 2.94. The van der Waals surface area contributed by atoms with Gasteiger partial charge in [0, 0.05) is 11.2 Å². The van der Waals surface area contributed by atoms with Crippen LogP contribution in [0.4, 0.5) is 5.69 Å². The highest BCUT2D eigenvalue weighted by molar-refractivity contribution is 6.37. The van der Waals surface area contributed by atoms with Crippen LogP contribution in [-0.4, -0.2) is 23.3 Å². The number of benzene rings is 1. The number of Topliss-reactive ketones (excluding diaryl/α,β-unsaturated/α-hetero) is 1. The first-order chi connectivity index (χ1) is 9.49. The van der Waals surface area contributed by atoms with Gasteiger partial charge in [0.2, 0.25) is 5.78 Å². The first kappa shape index (κ1) is 14.4. The summed E-state index contributed by atoms with van der Waals surface area (Å²) < 4.78 is 4.90. The van der Waals surface area contributed by atoms with Crippen molar-refractivity contribution >= 4 is 40.6 Å². The zero-order chi connectivity index (χ0) is 14.7. The van der Waals surface area contributed by atoms with Gasteiger partial charge in [-0.1, -0.05) is 23.2 Å². The second kappa shape index (κ2) is 5.98. The predicted molar refractivity (Wildman–Crippen MR) is 76.3 cm³/mol. The van der Waals surface area contributed by atoms with Gasteiger partial charge in [-0.25, -0.2) is 4.79 Å². The molecule has 0 fully saturated rings. The van der Waals surface area contributed by atoms with Crippen molar-refractivity contribution in [1.29, 1.82) is 0 Å². The second-order valence-corrected chi connectivity index (χ2v) is 4.78. The topological polar surface area (TPSA) is 85.2 Å². The van der Waals surface area contributed by atoms with Crippen LogP contribution in [0.5, 0.6) is 0 Å². The van der Waals surface area contributed by atoms with Crippen molar-refractivity contribution < 1.29 is 14.3 Å². The number of nitrogens with one attached hydrogen (secondary N) is 1. The monoisotopic (exact) mass is 312 g/mol. The summed E-state index contributed by atoms with van der Waals surface area (Å²) >= 11 is 11.6. The number of H-pyrrole nitrogens is 1. The van der Waals surface area contributed by atoms with Crippen LogP contribution in [-0.2, 0) is 4.74 Å². The van der Waals surface area contributed by atoms with Gasteiger partial charge in [-0.2, -0.15) is 0 Å². The quantitative estimate of drug-likeness (QED) is 0.516. The van der Waals surface area contributed by atoms with Crippen LogP contribution in [0.3, 0.4) is 0 Å². The molecule has 3 N–H and O–H groups in total. The third-order valence-electron chi connectivity index (χ3n) is 2.55. The van der Waals surface area contributed by atoms with Crippen molar-refractivity contribution in [2.75, 3.05) is 12.3 Å². The number of hydrogen-bond donors (Lipinski definition) is 2. The maximum absolute atomic E-state index is 11.9. The zero-order valence-electron chi connectivity index (χ0n) is 10.2. The highest BCUT2D eigenvalue weighted by Gasteiger charge is 2.17.